The van der Waals surface area contributed by atoms with Crippen LogP contribution in [-0.2, 0) is 11.2 Å². The van der Waals surface area contributed by atoms with Crippen LogP contribution in [0.15, 0.2) is 18.2 Å². The van der Waals surface area contributed by atoms with Gasteiger partial charge in [-0.25, -0.2) is 0 Å². The van der Waals surface area contributed by atoms with E-state index in [0.29, 0.717) is 12.3 Å². The molecule has 0 heterocycles. The molecule has 1 aromatic carbocycles. The Labute approximate surface area is 84.9 Å². The molecule has 0 unspecified atom stereocenters. The fraction of sp³-hybridized carbons (Fsp3) is 0.417. The number of carbonyl (C=O) groups excluding carboxylic acids is 1. The maximum absolute atomic E-state index is 10.4. The van der Waals surface area contributed by atoms with E-state index < -0.39 is 0 Å². The number of hydrogen-bond donors (Lipinski definition) is 0. The lowest BCUT2D eigenvalue weighted by atomic mass is 9.99. The third-order valence-electron chi connectivity index (χ3n) is 2.24. The molecule has 0 radical (unpaired) electrons. The maximum Gasteiger partial charge on any atom is 0.124 e. The summed E-state index contributed by atoms with van der Waals surface area (Å²) in [5, 5.41) is 0. The van der Waals surface area contributed by atoms with Gasteiger partial charge >= 0.3 is 0 Å². The van der Waals surface area contributed by atoms with Crippen LogP contribution >= 0.6 is 0 Å². The summed E-state index contributed by atoms with van der Waals surface area (Å²) in [6, 6.07) is 5.94. The second kappa shape index (κ2) is 4.80. The van der Waals surface area contributed by atoms with Gasteiger partial charge in [-0.15, -0.1) is 0 Å². The molecule has 14 heavy (non-hydrogen) atoms. The van der Waals surface area contributed by atoms with Crippen LogP contribution < -0.4 is 4.74 Å². The van der Waals surface area contributed by atoms with Gasteiger partial charge in [-0.2, -0.15) is 0 Å². The van der Waals surface area contributed by atoms with Crippen molar-refractivity contribution in [2.24, 2.45) is 0 Å². The van der Waals surface area contributed by atoms with Crippen molar-refractivity contribution in [1.82, 2.24) is 0 Å². The number of rotatable bonds is 4. The number of ether oxygens (including phenoxy) is 1. The molecule has 0 spiro atoms. The quantitative estimate of drug-likeness (QED) is 0.685. The monoisotopic (exact) mass is 192 g/mol. The summed E-state index contributed by atoms with van der Waals surface area (Å²) in [6.45, 7) is 4.24. The first-order valence-electron chi connectivity index (χ1n) is 4.79. The molecule has 76 valence electrons. The van der Waals surface area contributed by atoms with Crippen molar-refractivity contribution in [3.05, 3.63) is 29.3 Å². The molecule has 0 saturated carbocycles. The Morgan fingerprint density at radius 3 is 2.64 bits per heavy atom. The van der Waals surface area contributed by atoms with Crippen LogP contribution in [0, 0.1) is 0 Å². The predicted octanol–water partition coefficient (Wildman–Crippen LogP) is 2.56. The maximum atomic E-state index is 10.4. The average molecular weight is 192 g/mol. The highest BCUT2D eigenvalue weighted by molar-refractivity contribution is 5.56. The molecule has 0 amide bonds. The van der Waals surface area contributed by atoms with Crippen molar-refractivity contribution in [1.29, 1.82) is 0 Å². The Morgan fingerprint density at radius 2 is 2.14 bits per heavy atom. The van der Waals surface area contributed by atoms with Crippen LogP contribution in [0.25, 0.3) is 0 Å². The van der Waals surface area contributed by atoms with Crippen LogP contribution in [0.5, 0.6) is 5.75 Å². The lowest BCUT2D eigenvalue weighted by molar-refractivity contribution is -0.107. The van der Waals surface area contributed by atoms with E-state index in [1.54, 1.807) is 7.11 Å². The number of carbonyl (C=O) groups is 1. The molecule has 0 N–H and O–H groups in total. The van der Waals surface area contributed by atoms with Gasteiger partial charge in [-0.05, 0) is 23.1 Å². The highest BCUT2D eigenvalue weighted by atomic mass is 16.5. The molecule has 0 aliphatic rings. The smallest absolute Gasteiger partial charge is 0.124 e. The van der Waals surface area contributed by atoms with E-state index >= 15 is 0 Å². The minimum Gasteiger partial charge on any atom is -0.496 e. The summed E-state index contributed by atoms with van der Waals surface area (Å²) >= 11 is 0. The fourth-order valence-corrected chi connectivity index (χ4v) is 1.46. The highest BCUT2D eigenvalue weighted by Gasteiger charge is 2.07. The van der Waals surface area contributed by atoms with E-state index in [-0.39, 0.29) is 0 Å². The van der Waals surface area contributed by atoms with E-state index in [1.165, 1.54) is 5.56 Å². The third kappa shape index (κ3) is 2.34. The summed E-state index contributed by atoms with van der Waals surface area (Å²) < 4.78 is 5.28. The van der Waals surface area contributed by atoms with Crippen LogP contribution in [0.3, 0.4) is 0 Å². The lowest BCUT2D eigenvalue weighted by Gasteiger charge is -2.12. The molecule has 0 aliphatic carbocycles. The van der Waals surface area contributed by atoms with E-state index in [4.69, 9.17) is 4.74 Å². The number of aldehydes is 1. The van der Waals surface area contributed by atoms with Crippen LogP contribution in [0.1, 0.15) is 30.9 Å². The molecule has 0 bridgehead atoms. The van der Waals surface area contributed by atoms with E-state index in [2.05, 4.69) is 13.8 Å². The van der Waals surface area contributed by atoms with E-state index in [9.17, 15) is 4.79 Å². The zero-order valence-electron chi connectivity index (χ0n) is 8.91. The van der Waals surface area contributed by atoms with Gasteiger partial charge in [0, 0.05) is 6.42 Å². The second-order valence-corrected chi connectivity index (χ2v) is 3.60. The highest BCUT2D eigenvalue weighted by Crippen LogP contribution is 2.27. The minimum atomic E-state index is 0.440. The van der Waals surface area contributed by atoms with Crippen LogP contribution in [0.2, 0.25) is 0 Å². The summed E-state index contributed by atoms with van der Waals surface area (Å²) in [6.07, 6.45) is 1.36. The molecule has 0 saturated heterocycles. The van der Waals surface area contributed by atoms with Gasteiger partial charge in [0.25, 0.3) is 0 Å². The first-order chi connectivity index (χ1) is 6.69. The molecule has 2 heteroatoms. The van der Waals surface area contributed by atoms with Crippen molar-refractivity contribution in [3.8, 4) is 5.75 Å². The van der Waals surface area contributed by atoms with Crippen molar-refractivity contribution >= 4 is 6.29 Å². The normalized spacial score (nSPS) is 10.3. The molecule has 1 rings (SSSR count). The van der Waals surface area contributed by atoms with Crippen molar-refractivity contribution in [2.45, 2.75) is 26.2 Å². The lowest BCUT2D eigenvalue weighted by Crippen LogP contribution is -1.96. The number of hydrogen-bond acceptors (Lipinski definition) is 2. The molecule has 0 atom stereocenters. The Hall–Kier alpha value is -1.31. The van der Waals surface area contributed by atoms with Gasteiger partial charge in [0.15, 0.2) is 0 Å². The van der Waals surface area contributed by atoms with E-state index in [0.717, 1.165) is 17.6 Å². The number of methoxy groups -OCH3 is 1. The molecular weight excluding hydrogens is 176 g/mol. The summed E-state index contributed by atoms with van der Waals surface area (Å²) in [4.78, 5) is 10.4. The van der Waals surface area contributed by atoms with Crippen LogP contribution in [-0.4, -0.2) is 13.4 Å². The van der Waals surface area contributed by atoms with Gasteiger partial charge in [0.05, 0.1) is 7.11 Å². The minimum absolute atomic E-state index is 0.440. The van der Waals surface area contributed by atoms with Gasteiger partial charge in [-0.3, -0.25) is 0 Å². The van der Waals surface area contributed by atoms with Crippen molar-refractivity contribution < 1.29 is 9.53 Å². The predicted molar refractivity (Wildman–Crippen MR) is 56.9 cm³/mol. The largest absolute Gasteiger partial charge is 0.496 e. The molecule has 0 fully saturated rings. The summed E-state index contributed by atoms with van der Waals surface area (Å²) in [5.74, 6) is 1.31. The van der Waals surface area contributed by atoms with E-state index in [1.807, 2.05) is 18.2 Å². The number of benzene rings is 1. The zero-order valence-corrected chi connectivity index (χ0v) is 8.91. The Balaban J connectivity index is 3.04. The molecule has 0 aliphatic heterocycles. The third-order valence-corrected chi connectivity index (χ3v) is 2.24. The Morgan fingerprint density at radius 1 is 1.43 bits per heavy atom. The Kier molecular flexibility index (Phi) is 3.69. The SMILES string of the molecule is COc1cc(CC=O)ccc1C(C)C. The van der Waals surface area contributed by atoms with Gasteiger partial charge in [0.1, 0.15) is 12.0 Å². The van der Waals surface area contributed by atoms with Crippen LogP contribution in [0.4, 0.5) is 0 Å². The average Bonchev–Trinajstić information content (AvgIpc) is 2.17. The zero-order chi connectivity index (χ0) is 10.6. The van der Waals surface area contributed by atoms with Crippen molar-refractivity contribution in [3.63, 3.8) is 0 Å². The summed E-state index contributed by atoms with van der Waals surface area (Å²) in [7, 11) is 1.66. The fourth-order valence-electron chi connectivity index (χ4n) is 1.46. The van der Waals surface area contributed by atoms with Gasteiger partial charge in [-0.1, -0.05) is 26.0 Å². The first-order valence-corrected chi connectivity index (χ1v) is 4.79. The second-order valence-electron chi connectivity index (χ2n) is 3.60. The standard InChI is InChI=1S/C12H16O2/c1-9(2)11-5-4-10(6-7-13)8-12(11)14-3/h4-5,7-9H,6H2,1-3H3. The van der Waals surface area contributed by atoms with Crippen molar-refractivity contribution in [2.75, 3.05) is 7.11 Å². The molecule has 0 aromatic heterocycles. The molecule has 2 nitrogen and oxygen atoms in total. The van der Waals surface area contributed by atoms with Gasteiger partial charge in [0.2, 0.25) is 0 Å². The summed E-state index contributed by atoms with van der Waals surface area (Å²) in [5.41, 5.74) is 2.18. The topological polar surface area (TPSA) is 26.3 Å². The first kappa shape index (κ1) is 10.8. The Bertz CT molecular complexity index is 316. The molecule has 1 aromatic rings. The molecular formula is C12H16O2. The van der Waals surface area contributed by atoms with Gasteiger partial charge < -0.3 is 9.53 Å².